The number of nitrogens with two attached hydrogens (primary N) is 2. The average Bonchev–Trinajstić information content (AvgIpc) is 0.722. The van der Waals surface area contributed by atoms with Crippen LogP contribution >= 0.6 is 17.0 Å². The summed E-state index contributed by atoms with van der Waals surface area (Å²) >= 11 is 0. The maximum Gasteiger partial charge on any atom is 0.271 e. The molecule has 0 heterocycles. The van der Waals surface area contributed by atoms with E-state index in [4.69, 9.17) is 0 Å². The average molecular weight is 177 g/mol. The van der Waals surface area contributed by atoms with E-state index in [1.165, 1.54) is 0 Å². The van der Waals surface area contributed by atoms with Gasteiger partial charge in [0.05, 0.1) is 0 Å². The van der Waals surface area contributed by atoms with Gasteiger partial charge in [0.15, 0.2) is 0 Å². The molecule has 0 rings (SSSR count). The fraction of sp³-hybridized carbons (Fsp3) is 0. The maximum atomic E-state index is 9.19. The summed E-state index contributed by atoms with van der Waals surface area (Å²) < 4.78 is 18.4. The van der Waals surface area contributed by atoms with Gasteiger partial charge in [-0.1, -0.05) is 0 Å². The molecule has 0 spiro atoms. The van der Waals surface area contributed by atoms with Crippen LogP contribution in [0.4, 0.5) is 0 Å². The van der Waals surface area contributed by atoms with Crippen molar-refractivity contribution in [3.8, 4) is 0 Å². The fourth-order valence-electron chi connectivity index (χ4n) is 0. The molecule has 0 aliphatic heterocycles. The zero-order chi connectivity index (χ0) is 4.50. The number of rotatable bonds is 0. The van der Waals surface area contributed by atoms with Crippen LogP contribution in [0.5, 0.6) is 0 Å². The van der Waals surface area contributed by atoms with Gasteiger partial charge in [-0.25, -0.2) is 10.3 Å². The first kappa shape index (κ1) is 9.61. The van der Waals surface area contributed by atoms with Crippen LogP contribution in [0, 0.1) is 0 Å². The highest BCUT2D eigenvalue weighted by Gasteiger charge is 1.78. The molecule has 40 valence electrons. The van der Waals surface area contributed by atoms with Gasteiger partial charge < -0.3 is 0 Å². The Bertz CT molecular complexity index is 94.7. The normalized spacial score (nSPS) is 9.67. The summed E-state index contributed by atoms with van der Waals surface area (Å²) in [5.74, 6) is 0. The highest BCUT2D eigenvalue weighted by molar-refractivity contribution is 8.93. The number of halogens is 1. The molecule has 6 heteroatoms. The summed E-state index contributed by atoms with van der Waals surface area (Å²) in [5.41, 5.74) is 0. The van der Waals surface area contributed by atoms with Crippen molar-refractivity contribution in [3.05, 3.63) is 0 Å². The van der Waals surface area contributed by atoms with E-state index in [1.807, 2.05) is 0 Å². The lowest BCUT2D eigenvalue weighted by Crippen LogP contribution is -2.21. The topological polar surface area (TPSA) is 86.2 Å². The Balaban J connectivity index is 0. The first-order valence-corrected chi connectivity index (χ1v) is 2.41. The Kier molecular flexibility index (Phi) is 4.02. The van der Waals surface area contributed by atoms with E-state index < -0.39 is 10.2 Å². The van der Waals surface area contributed by atoms with Crippen LogP contribution in [-0.4, -0.2) is 8.42 Å². The molecule has 0 aliphatic carbocycles. The molecule has 0 bridgehead atoms. The summed E-state index contributed by atoms with van der Waals surface area (Å²) in [7, 11) is -3.67. The Morgan fingerprint density at radius 2 is 1.17 bits per heavy atom. The molecule has 0 aliphatic rings. The Morgan fingerprint density at radius 1 is 1.17 bits per heavy atom. The molecule has 0 aromatic heterocycles. The molecule has 6 heavy (non-hydrogen) atoms. The van der Waals surface area contributed by atoms with E-state index in [9.17, 15) is 8.42 Å². The van der Waals surface area contributed by atoms with Crippen molar-refractivity contribution in [2.45, 2.75) is 0 Å². The highest BCUT2D eigenvalue weighted by atomic mass is 79.9. The van der Waals surface area contributed by atoms with Gasteiger partial charge in [-0.3, -0.25) is 0 Å². The van der Waals surface area contributed by atoms with Crippen LogP contribution in [0.1, 0.15) is 0 Å². The molecular formula is H5BrN2O2S. The van der Waals surface area contributed by atoms with Gasteiger partial charge in [-0.2, -0.15) is 8.42 Å². The predicted molar refractivity (Wildman–Crippen MR) is 27.6 cm³/mol. The lowest BCUT2D eigenvalue weighted by molar-refractivity contribution is 0.599. The Labute approximate surface area is 46.5 Å². The molecule has 0 unspecified atom stereocenters. The summed E-state index contributed by atoms with van der Waals surface area (Å²) in [4.78, 5) is 0. The lowest BCUT2D eigenvalue weighted by atomic mass is 13.9. The monoisotopic (exact) mass is 176 g/mol. The summed E-state index contributed by atoms with van der Waals surface area (Å²) in [6, 6.07) is 0. The third kappa shape index (κ3) is 399. The van der Waals surface area contributed by atoms with Gasteiger partial charge in [0.2, 0.25) is 0 Å². The van der Waals surface area contributed by atoms with Crippen LogP contribution in [0.3, 0.4) is 0 Å². The van der Waals surface area contributed by atoms with Crippen LogP contribution < -0.4 is 10.3 Å². The van der Waals surface area contributed by atoms with Crippen LogP contribution in [-0.2, 0) is 10.2 Å². The largest absolute Gasteiger partial charge is 0.271 e. The molecule has 0 amide bonds. The van der Waals surface area contributed by atoms with Crippen molar-refractivity contribution in [1.82, 2.24) is 0 Å². The van der Waals surface area contributed by atoms with Gasteiger partial charge in [0.1, 0.15) is 0 Å². The van der Waals surface area contributed by atoms with Crippen LogP contribution in [0.15, 0.2) is 0 Å². The molecule has 0 saturated heterocycles. The summed E-state index contributed by atoms with van der Waals surface area (Å²) in [5, 5.41) is 8.21. The standard InChI is InChI=1S/BrH.H4N2O2S/c;1-5(2,3)4/h1H;(H4,1,2,3,4). The smallest absolute Gasteiger partial charge is 0.216 e. The van der Waals surface area contributed by atoms with Crippen LogP contribution in [0.2, 0.25) is 0 Å². The van der Waals surface area contributed by atoms with E-state index >= 15 is 0 Å². The Hall–Kier alpha value is 0.350. The van der Waals surface area contributed by atoms with Crippen molar-refractivity contribution in [2.75, 3.05) is 0 Å². The highest BCUT2D eigenvalue weighted by Crippen LogP contribution is 1.40. The number of hydrogen-bond acceptors (Lipinski definition) is 2. The predicted octanol–water partition coefficient (Wildman–Crippen LogP) is -1.27. The molecule has 0 radical (unpaired) electrons. The Morgan fingerprint density at radius 3 is 1.17 bits per heavy atom. The fourth-order valence-corrected chi connectivity index (χ4v) is 0. The van der Waals surface area contributed by atoms with Crippen LogP contribution in [0.25, 0.3) is 0 Å². The quantitative estimate of drug-likeness (QED) is 0.483. The SMILES string of the molecule is Br.NS(N)(=O)=O. The molecule has 4 nitrogen and oxygen atoms in total. The van der Waals surface area contributed by atoms with Crippen molar-refractivity contribution >= 4 is 27.2 Å². The van der Waals surface area contributed by atoms with Crippen molar-refractivity contribution in [1.29, 1.82) is 0 Å². The maximum absolute atomic E-state index is 9.19. The molecule has 0 saturated carbocycles. The molecular weight excluding hydrogens is 172 g/mol. The minimum atomic E-state index is -3.67. The number of hydrogen-bond donors (Lipinski definition) is 2. The van der Waals surface area contributed by atoms with E-state index in [0.717, 1.165) is 0 Å². The third-order valence-corrected chi connectivity index (χ3v) is 0. The van der Waals surface area contributed by atoms with Crippen molar-refractivity contribution in [3.63, 3.8) is 0 Å². The second kappa shape index (κ2) is 2.51. The van der Waals surface area contributed by atoms with E-state index in [0.29, 0.717) is 0 Å². The van der Waals surface area contributed by atoms with Gasteiger partial charge >= 0.3 is 0 Å². The zero-order valence-corrected chi connectivity index (χ0v) is 5.32. The molecule has 0 atom stereocenters. The van der Waals surface area contributed by atoms with Crippen molar-refractivity contribution < 1.29 is 8.42 Å². The first-order chi connectivity index (χ1) is 2.00. The van der Waals surface area contributed by atoms with E-state index in [1.54, 1.807) is 0 Å². The molecule has 4 N–H and O–H groups in total. The first-order valence-electron chi connectivity index (χ1n) is 0.805. The van der Waals surface area contributed by atoms with Gasteiger partial charge in [-0.15, -0.1) is 17.0 Å². The zero-order valence-electron chi connectivity index (χ0n) is 2.79. The molecule has 0 aromatic carbocycles. The van der Waals surface area contributed by atoms with E-state index in [-0.39, 0.29) is 17.0 Å². The lowest BCUT2D eigenvalue weighted by Gasteiger charge is -1.72. The molecule has 0 aromatic rings. The third-order valence-electron chi connectivity index (χ3n) is 0. The summed E-state index contributed by atoms with van der Waals surface area (Å²) in [6.07, 6.45) is 0. The second-order valence-corrected chi connectivity index (χ2v) is 1.77. The van der Waals surface area contributed by atoms with Gasteiger partial charge in [0, 0.05) is 0 Å². The molecule has 0 fully saturated rings. The minimum absolute atomic E-state index is 0. The summed E-state index contributed by atoms with van der Waals surface area (Å²) in [6.45, 7) is 0. The van der Waals surface area contributed by atoms with E-state index in [2.05, 4.69) is 10.3 Å². The second-order valence-electron chi connectivity index (χ2n) is 0.589. The van der Waals surface area contributed by atoms with Crippen molar-refractivity contribution in [2.24, 2.45) is 10.3 Å². The van der Waals surface area contributed by atoms with Gasteiger partial charge in [0.25, 0.3) is 10.2 Å². The minimum Gasteiger partial charge on any atom is -0.216 e. The van der Waals surface area contributed by atoms with Gasteiger partial charge in [-0.05, 0) is 0 Å².